The van der Waals surface area contributed by atoms with Crippen LogP contribution in [-0.4, -0.2) is 93.9 Å². The van der Waals surface area contributed by atoms with E-state index in [4.69, 9.17) is 24.7 Å². The van der Waals surface area contributed by atoms with Crippen LogP contribution in [0, 0.1) is 5.41 Å². The van der Waals surface area contributed by atoms with Gasteiger partial charge in [-0.05, 0) is 105 Å². The number of nitrogens with zero attached hydrogens (tertiary/aromatic N) is 1. The average Bonchev–Trinajstić information content (AvgIpc) is 3.10. The zero-order chi connectivity index (χ0) is 38.1. The number of aryl methyl sites for hydroxylation is 1. The van der Waals surface area contributed by atoms with Crippen LogP contribution in [0.1, 0.15) is 75.2 Å². The van der Waals surface area contributed by atoms with Gasteiger partial charge in [-0.1, -0.05) is 6.07 Å². The summed E-state index contributed by atoms with van der Waals surface area (Å²) >= 11 is 0. The number of phenols is 2. The number of piperidine rings is 1. The van der Waals surface area contributed by atoms with E-state index in [0.29, 0.717) is 62.2 Å². The summed E-state index contributed by atoms with van der Waals surface area (Å²) in [6, 6.07) is 11.9. The summed E-state index contributed by atoms with van der Waals surface area (Å²) in [6.07, 6.45) is 3.43. The fourth-order valence-electron chi connectivity index (χ4n) is 7.48. The molecule has 0 aliphatic carbocycles. The van der Waals surface area contributed by atoms with Gasteiger partial charge in [0.2, 0.25) is 5.75 Å². The van der Waals surface area contributed by atoms with Gasteiger partial charge in [0.15, 0.2) is 23.0 Å². The molecule has 2 aromatic carbocycles. The third-order valence-corrected chi connectivity index (χ3v) is 10.2. The summed E-state index contributed by atoms with van der Waals surface area (Å²) in [5.41, 5.74) is 7.73. The van der Waals surface area contributed by atoms with Crippen LogP contribution in [0.4, 0.5) is 5.82 Å². The lowest BCUT2D eigenvalue weighted by atomic mass is 9.67. The molecular formula is C39H54N4O10. The number of aromatic hydroxyl groups is 2. The second kappa shape index (κ2) is 18.1. The number of aliphatic hydroxyl groups excluding tert-OH is 2. The first-order chi connectivity index (χ1) is 25.3. The predicted octanol–water partition coefficient (Wildman–Crippen LogP) is 3.83. The Kier molecular flexibility index (Phi) is 13.6. The number of aromatic nitrogens is 1. The second-order valence-corrected chi connectivity index (χ2v) is 14.5. The highest BCUT2D eigenvalue weighted by molar-refractivity contribution is 5.68. The van der Waals surface area contributed by atoms with Gasteiger partial charge in [-0.15, -0.1) is 0 Å². The van der Waals surface area contributed by atoms with E-state index in [2.05, 4.69) is 22.5 Å². The van der Waals surface area contributed by atoms with Crippen LogP contribution in [0.25, 0.3) is 0 Å². The number of pyridine rings is 1. The Balaban J connectivity index is 1.30. The fraction of sp³-hybridized carbons (Fsp3) is 0.538. The van der Waals surface area contributed by atoms with Gasteiger partial charge in [0.05, 0.1) is 37.9 Å². The number of ether oxygens (including phenoxy) is 4. The molecule has 0 unspecified atom stereocenters. The quantitative estimate of drug-likeness (QED) is 0.0730. The largest absolute Gasteiger partial charge is 0.504 e. The number of anilines is 1. The van der Waals surface area contributed by atoms with E-state index in [9.17, 15) is 30.3 Å². The lowest BCUT2D eigenvalue weighted by molar-refractivity contribution is -0.141. The van der Waals surface area contributed by atoms with Crippen molar-refractivity contribution in [3.8, 4) is 28.7 Å². The number of methoxy groups -OCH3 is 1. The molecule has 14 nitrogen and oxygen atoms in total. The molecule has 290 valence electrons. The Morgan fingerprint density at radius 2 is 1.91 bits per heavy atom. The molecule has 9 N–H and O–H groups in total. The molecule has 3 heterocycles. The summed E-state index contributed by atoms with van der Waals surface area (Å²) < 4.78 is 24.0. The van der Waals surface area contributed by atoms with Crippen LogP contribution in [-0.2, 0) is 22.4 Å². The van der Waals surface area contributed by atoms with E-state index < -0.39 is 29.7 Å². The molecule has 14 heteroatoms. The van der Waals surface area contributed by atoms with E-state index in [1.807, 2.05) is 12.1 Å². The zero-order valence-corrected chi connectivity index (χ0v) is 30.7. The second-order valence-electron chi connectivity index (χ2n) is 14.5. The molecule has 2 fully saturated rings. The number of hydrogen-bond acceptors (Lipinski definition) is 13. The van der Waals surface area contributed by atoms with E-state index in [1.165, 1.54) is 7.11 Å². The molecule has 0 amide bonds. The molecule has 2 aliphatic heterocycles. The number of nitrogens with one attached hydrogen (secondary N) is 2. The van der Waals surface area contributed by atoms with Crippen molar-refractivity contribution in [2.45, 2.75) is 102 Å². The summed E-state index contributed by atoms with van der Waals surface area (Å²) in [5.74, 6) is -0.0544. The number of aliphatic carboxylic acids is 1. The van der Waals surface area contributed by atoms with Gasteiger partial charge in [-0.3, -0.25) is 10.1 Å². The molecule has 0 saturated carbocycles. The van der Waals surface area contributed by atoms with E-state index in [1.54, 1.807) is 43.5 Å². The Bertz CT molecular complexity index is 1680. The van der Waals surface area contributed by atoms with Crippen molar-refractivity contribution in [2.75, 3.05) is 32.7 Å². The highest BCUT2D eigenvalue weighted by Gasteiger charge is 2.45. The normalized spacial score (nSPS) is 25.0. The standard InChI is InChI=1S/C39H54N4O10/c1-23-8-10-39(19-37(47)48,18-26-9-11-42-36(40)13-26)35(43-23)21-51-34-15-27(14-33(50-3)38(34)49)31-17-28(45)16-29(53-31)6-4-25-5-7-30(46)32(12-25)52-22-41-20-24(2)44/h5,7,9,11-15,23-24,28-29,31,35,41,43-46,49H,4,6,8,10,16-22H2,1-3H3,(H2,40,42)(H,47,48)/t23-,24-,28-,29-,31-,35+,39+/m0/s1. The maximum Gasteiger partial charge on any atom is 0.303 e. The van der Waals surface area contributed by atoms with E-state index >= 15 is 0 Å². The lowest BCUT2D eigenvalue weighted by Crippen LogP contribution is -2.57. The first-order valence-electron chi connectivity index (χ1n) is 18.2. The van der Waals surface area contributed by atoms with Crippen molar-refractivity contribution >= 4 is 11.8 Å². The number of carboxylic acid groups (broad SMARTS) is 1. The minimum Gasteiger partial charge on any atom is -0.504 e. The first-order valence-corrected chi connectivity index (χ1v) is 18.2. The Hall–Kier alpha value is -4.34. The maximum absolute atomic E-state index is 12.2. The number of benzene rings is 2. The number of carbonyl (C=O) groups is 1. The smallest absolute Gasteiger partial charge is 0.303 e. The van der Waals surface area contributed by atoms with Gasteiger partial charge >= 0.3 is 5.97 Å². The highest BCUT2D eigenvalue weighted by Crippen LogP contribution is 2.45. The van der Waals surface area contributed by atoms with Crippen LogP contribution in [0.2, 0.25) is 0 Å². The maximum atomic E-state index is 12.2. The molecule has 0 spiro atoms. The fourth-order valence-corrected chi connectivity index (χ4v) is 7.48. The number of nitrogens with two attached hydrogens (primary N) is 1. The van der Waals surface area contributed by atoms with Gasteiger partial charge < -0.3 is 55.5 Å². The van der Waals surface area contributed by atoms with Crippen molar-refractivity contribution in [1.29, 1.82) is 0 Å². The van der Waals surface area contributed by atoms with Crippen molar-refractivity contribution in [3.63, 3.8) is 0 Å². The first kappa shape index (κ1) is 39.9. The average molecular weight is 739 g/mol. The topological polar surface area (TPSA) is 218 Å². The molecule has 2 saturated heterocycles. The van der Waals surface area contributed by atoms with Gasteiger partial charge in [0.1, 0.15) is 19.2 Å². The van der Waals surface area contributed by atoms with Crippen LogP contribution >= 0.6 is 0 Å². The SMILES string of the molecule is COc1cc([C@@H]2C[C@@H](O)C[C@H](CCc3ccc(O)c(OCNC[C@H](C)O)c3)O2)cc(OC[C@H]2N[C@@H](C)CC[C@]2(CC(=O)O)Cc2ccnc(N)c2)c1O. The summed E-state index contributed by atoms with van der Waals surface area (Å²) in [5, 5.41) is 58.3. The zero-order valence-electron chi connectivity index (χ0n) is 30.7. The third kappa shape index (κ3) is 10.9. The van der Waals surface area contributed by atoms with Crippen LogP contribution in [0.15, 0.2) is 48.7 Å². The predicted molar refractivity (Wildman–Crippen MR) is 197 cm³/mol. The molecule has 3 aromatic rings. The summed E-state index contributed by atoms with van der Waals surface area (Å²) in [7, 11) is 1.45. The van der Waals surface area contributed by atoms with Gasteiger partial charge in [-0.25, -0.2) is 4.98 Å². The molecule has 5 rings (SSSR count). The van der Waals surface area contributed by atoms with Crippen molar-refractivity contribution < 1.29 is 49.3 Å². The van der Waals surface area contributed by atoms with Gasteiger partial charge in [0, 0.05) is 36.7 Å². The lowest BCUT2D eigenvalue weighted by Gasteiger charge is -2.46. The van der Waals surface area contributed by atoms with Gasteiger partial charge in [-0.2, -0.15) is 0 Å². The molecule has 1 aromatic heterocycles. The minimum absolute atomic E-state index is 0.0107. The molecular weight excluding hydrogens is 684 g/mol. The Morgan fingerprint density at radius 1 is 1.11 bits per heavy atom. The monoisotopic (exact) mass is 738 g/mol. The van der Waals surface area contributed by atoms with Crippen molar-refractivity contribution in [1.82, 2.24) is 15.6 Å². The van der Waals surface area contributed by atoms with Crippen molar-refractivity contribution in [3.05, 3.63) is 65.4 Å². The number of nitrogen functional groups attached to an aromatic ring is 1. The Labute approximate surface area is 310 Å². The summed E-state index contributed by atoms with van der Waals surface area (Å²) in [4.78, 5) is 16.3. The van der Waals surface area contributed by atoms with Gasteiger partial charge in [0.25, 0.3) is 0 Å². The minimum atomic E-state index is -0.914. The summed E-state index contributed by atoms with van der Waals surface area (Å²) in [6.45, 7) is 4.28. The van der Waals surface area contributed by atoms with Crippen molar-refractivity contribution in [2.24, 2.45) is 5.41 Å². The van der Waals surface area contributed by atoms with E-state index in [0.717, 1.165) is 17.5 Å². The third-order valence-electron chi connectivity index (χ3n) is 10.2. The molecule has 0 radical (unpaired) electrons. The molecule has 7 atom stereocenters. The van der Waals surface area contributed by atoms with Crippen LogP contribution < -0.4 is 30.6 Å². The van der Waals surface area contributed by atoms with Crippen LogP contribution in [0.5, 0.6) is 28.7 Å². The molecule has 0 bridgehead atoms. The number of aliphatic hydroxyl groups is 2. The number of hydrogen-bond donors (Lipinski definition) is 8. The Morgan fingerprint density at radius 3 is 2.64 bits per heavy atom. The molecule has 2 aliphatic rings. The van der Waals surface area contributed by atoms with Crippen LogP contribution in [0.3, 0.4) is 0 Å². The number of phenolic OH excluding ortho intramolecular Hbond substituents is 2. The number of rotatable bonds is 17. The number of carboxylic acids is 1. The van der Waals surface area contributed by atoms with E-state index in [-0.39, 0.29) is 60.9 Å². The molecule has 53 heavy (non-hydrogen) atoms. The highest BCUT2D eigenvalue weighted by atomic mass is 16.5.